The van der Waals surface area contributed by atoms with Crippen molar-refractivity contribution in [2.75, 3.05) is 30.3 Å². The molecule has 0 radical (unpaired) electrons. The topological polar surface area (TPSA) is 99.2 Å². The predicted octanol–water partition coefficient (Wildman–Crippen LogP) is 3.18. The van der Waals surface area contributed by atoms with E-state index in [2.05, 4.69) is 10.1 Å². The van der Waals surface area contributed by atoms with Crippen LogP contribution in [0.25, 0.3) is 22.3 Å². The van der Waals surface area contributed by atoms with Crippen LogP contribution in [0, 0.1) is 11.7 Å². The molecule has 2 N–H and O–H groups in total. The third-order valence-corrected chi connectivity index (χ3v) is 5.53. The molecule has 0 aliphatic carbocycles. The first-order chi connectivity index (χ1) is 14.4. The number of carbonyl (C=O) groups is 1. The van der Waals surface area contributed by atoms with E-state index in [4.69, 9.17) is 27.1 Å². The van der Waals surface area contributed by atoms with Crippen LogP contribution < -0.4 is 10.6 Å². The fourth-order valence-electron chi connectivity index (χ4n) is 3.71. The Labute approximate surface area is 177 Å². The number of piperidine rings is 1. The molecule has 0 bridgehead atoms. The Balaban J connectivity index is 1.80. The zero-order valence-corrected chi connectivity index (χ0v) is 17.5. The molecule has 1 aliphatic heterocycles. The van der Waals surface area contributed by atoms with Crippen LogP contribution in [0.4, 0.5) is 16.2 Å². The van der Waals surface area contributed by atoms with Gasteiger partial charge in [-0.1, -0.05) is 11.6 Å². The summed E-state index contributed by atoms with van der Waals surface area (Å²) in [5.74, 6) is -0.134. The van der Waals surface area contributed by atoms with Crippen LogP contribution in [0.2, 0.25) is 5.02 Å². The van der Waals surface area contributed by atoms with Gasteiger partial charge in [0.1, 0.15) is 11.6 Å². The average Bonchev–Trinajstić information content (AvgIpc) is 3.03. The minimum atomic E-state index is -0.515. The molecule has 10 heteroatoms. The van der Waals surface area contributed by atoms with Crippen LogP contribution >= 0.6 is 11.6 Å². The molecule has 2 aromatic heterocycles. The summed E-state index contributed by atoms with van der Waals surface area (Å²) in [5, 5.41) is 4.95. The number of hydrogen-bond donors (Lipinski definition) is 1. The monoisotopic (exact) mass is 432 g/mol. The summed E-state index contributed by atoms with van der Waals surface area (Å²) in [6.45, 7) is 3.30. The van der Waals surface area contributed by atoms with E-state index in [1.807, 2.05) is 4.90 Å². The highest BCUT2D eigenvalue weighted by atomic mass is 35.5. The highest BCUT2D eigenvalue weighted by Gasteiger charge is 2.29. The quantitative estimate of drug-likeness (QED) is 0.632. The average molecular weight is 433 g/mol. The molecular weight excluding hydrogens is 411 g/mol. The molecule has 3 heterocycles. The van der Waals surface area contributed by atoms with Gasteiger partial charge in [0.15, 0.2) is 5.65 Å². The van der Waals surface area contributed by atoms with Gasteiger partial charge in [0.2, 0.25) is 5.95 Å². The standard InChI is InChI=1S/C20H22ClFN6O2/c1-3-30-19(29)12-5-4-8-28(10-12)20-24-16(11-6-7-14(22)13(21)9-11)15-17(23)27(2)26-18(15)25-20/h6-7,9,12H,3-5,8,10,23H2,1-2H3/t12-/m0/s1. The molecule has 0 saturated carbocycles. The molecule has 1 fully saturated rings. The number of anilines is 2. The van der Waals surface area contributed by atoms with Crippen molar-refractivity contribution in [3.8, 4) is 11.3 Å². The molecule has 0 unspecified atom stereocenters. The van der Waals surface area contributed by atoms with Gasteiger partial charge in [0.25, 0.3) is 0 Å². The van der Waals surface area contributed by atoms with Gasteiger partial charge in [0.05, 0.1) is 28.6 Å². The van der Waals surface area contributed by atoms with Crippen molar-refractivity contribution >= 4 is 40.4 Å². The van der Waals surface area contributed by atoms with Crippen molar-refractivity contribution in [3.63, 3.8) is 0 Å². The van der Waals surface area contributed by atoms with E-state index in [9.17, 15) is 9.18 Å². The second-order valence-corrected chi connectivity index (χ2v) is 7.65. The fraction of sp³-hybridized carbons (Fsp3) is 0.400. The van der Waals surface area contributed by atoms with Gasteiger partial charge in [-0.25, -0.2) is 9.37 Å². The van der Waals surface area contributed by atoms with Crippen molar-refractivity contribution in [1.82, 2.24) is 19.7 Å². The maximum atomic E-state index is 13.7. The molecule has 1 saturated heterocycles. The molecule has 1 aromatic carbocycles. The third kappa shape index (κ3) is 3.65. The summed E-state index contributed by atoms with van der Waals surface area (Å²) in [7, 11) is 1.72. The van der Waals surface area contributed by atoms with E-state index >= 15 is 0 Å². The maximum Gasteiger partial charge on any atom is 0.310 e. The Morgan fingerprint density at radius 3 is 2.93 bits per heavy atom. The van der Waals surface area contributed by atoms with Gasteiger partial charge < -0.3 is 15.4 Å². The molecule has 0 spiro atoms. The normalized spacial score (nSPS) is 16.8. The number of nitrogens with two attached hydrogens (primary N) is 1. The third-order valence-electron chi connectivity index (χ3n) is 5.24. The number of aryl methyl sites for hydroxylation is 1. The van der Waals surface area contributed by atoms with Crippen LogP contribution in [-0.2, 0) is 16.6 Å². The fourth-order valence-corrected chi connectivity index (χ4v) is 3.89. The lowest BCUT2D eigenvalue weighted by Crippen LogP contribution is -2.40. The van der Waals surface area contributed by atoms with E-state index in [0.717, 1.165) is 12.8 Å². The molecule has 3 aromatic rings. The van der Waals surface area contributed by atoms with Gasteiger partial charge >= 0.3 is 5.97 Å². The minimum absolute atomic E-state index is 0.0105. The zero-order chi connectivity index (χ0) is 21.4. The number of aromatic nitrogens is 4. The smallest absolute Gasteiger partial charge is 0.310 e. The van der Waals surface area contributed by atoms with Crippen LogP contribution in [0.3, 0.4) is 0 Å². The molecule has 1 aliphatic rings. The Morgan fingerprint density at radius 1 is 1.40 bits per heavy atom. The SMILES string of the molecule is CCOC(=O)[C@H]1CCCN(c2nc(-c3ccc(F)c(Cl)c3)c3c(N)n(C)nc3n2)C1. The second kappa shape index (κ2) is 8.06. The van der Waals surface area contributed by atoms with E-state index in [-0.39, 0.29) is 16.9 Å². The minimum Gasteiger partial charge on any atom is -0.466 e. The number of fused-ring (bicyclic) bond motifs is 1. The second-order valence-electron chi connectivity index (χ2n) is 7.25. The lowest BCUT2D eigenvalue weighted by atomic mass is 9.98. The molecule has 1 atom stereocenters. The summed E-state index contributed by atoms with van der Waals surface area (Å²) in [4.78, 5) is 23.5. The first-order valence-corrected chi connectivity index (χ1v) is 10.1. The Kier molecular flexibility index (Phi) is 5.46. The van der Waals surface area contributed by atoms with E-state index in [1.165, 1.54) is 16.8 Å². The number of hydrogen-bond acceptors (Lipinski definition) is 7. The Hall–Kier alpha value is -2.94. The molecule has 8 nitrogen and oxygen atoms in total. The first kappa shape index (κ1) is 20.3. The number of nitrogens with zero attached hydrogens (tertiary/aromatic N) is 5. The lowest BCUT2D eigenvalue weighted by Gasteiger charge is -2.31. The summed E-state index contributed by atoms with van der Waals surface area (Å²) in [6.07, 6.45) is 1.57. The number of nitrogen functional groups attached to an aromatic ring is 1. The van der Waals surface area contributed by atoms with Crippen LogP contribution in [0.15, 0.2) is 18.2 Å². The van der Waals surface area contributed by atoms with E-state index in [0.29, 0.717) is 53.8 Å². The molecule has 30 heavy (non-hydrogen) atoms. The van der Waals surface area contributed by atoms with Gasteiger partial charge in [-0.15, -0.1) is 0 Å². The summed E-state index contributed by atoms with van der Waals surface area (Å²) < 4.78 is 20.4. The van der Waals surface area contributed by atoms with Crippen LogP contribution in [0.5, 0.6) is 0 Å². The predicted molar refractivity (Wildman–Crippen MR) is 113 cm³/mol. The largest absolute Gasteiger partial charge is 0.466 e. The first-order valence-electron chi connectivity index (χ1n) is 9.76. The van der Waals surface area contributed by atoms with Crippen molar-refractivity contribution in [2.24, 2.45) is 13.0 Å². The number of rotatable bonds is 4. The van der Waals surface area contributed by atoms with Gasteiger partial charge in [-0.2, -0.15) is 10.1 Å². The van der Waals surface area contributed by atoms with E-state index in [1.54, 1.807) is 20.0 Å². The number of esters is 1. The Bertz CT molecular complexity index is 1120. The summed E-state index contributed by atoms with van der Waals surface area (Å²) in [6, 6.07) is 4.39. The van der Waals surface area contributed by atoms with Gasteiger partial charge in [-0.3, -0.25) is 9.48 Å². The number of halogens is 2. The molecular formula is C20H22ClFN6O2. The summed E-state index contributed by atoms with van der Waals surface area (Å²) >= 11 is 6.00. The van der Waals surface area contributed by atoms with Gasteiger partial charge in [0, 0.05) is 25.7 Å². The maximum absolute atomic E-state index is 13.7. The highest BCUT2D eigenvalue weighted by molar-refractivity contribution is 6.31. The molecule has 4 rings (SSSR count). The van der Waals surface area contributed by atoms with E-state index < -0.39 is 5.82 Å². The van der Waals surface area contributed by atoms with Crippen molar-refractivity contribution in [2.45, 2.75) is 19.8 Å². The molecule has 0 amide bonds. The number of ether oxygens (including phenoxy) is 1. The highest BCUT2D eigenvalue weighted by Crippen LogP contribution is 2.34. The van der Waals surface area contributed by atoms with Crippen molar-refractivity contribution in [1.29, 1.82) is 0 Å². The number of benzene rings is 1. The van der Waals surface area contributed by atoms with Crippen LogP contribution in [-0.4, -0.2) is 45.4 Å². The zero-order valence-electron chi connectivity index (χ0n) is 16.7. The summed E-state index contributed by atoms with van der Waals surface area (Å²) in [5.41, 5.74) is 7.75. The van der Waals surface area contributed by atoms with Crippen molar-refractivity contribution in [3.05, 3.63) is 29.0 Å². The molecule has 158 valence electrons. The number of carbonyl (C=O) groups excluding carboxylic acids is 1. The van der Waals surface area contributed by atoms with Crippen molar-refractivity contribution < 1.29 is 13.9 Å². The lowest BCUT2D eigenvalue weighted by molar-refractivity contribution is -0.148. The van der Waals surface area contributed by atoms with Gasteiger partial charge in [-0.05, 0) is 38.0 Å². The van der Waals surface area contributed by atoms with Crippen LogP contribution in [0.1, 0.15) is 19.8 Å². The Morgan fingerprint density at radius 2 is 2.20 bits per heavy atom.